The molecule has 1 aliphatic heterocycles. The van der Waals surface area contributed by atoms with Crippen molar-refractivity contribution < 1.29 is 19.5 Å². The van der Waals surface area contributed by atoms with Gasteiger partial charge in [-0.25, -0.2) is 0 Å². The summed E-state index contributed by atoms with van der Waals surface area (Å²) >= 11 is 0. The van der Waals surface area contributed by atoms with Crippen LogP contribution in [0.5, 0.6) is 0 Å². The molecule has 1 aliphatic rings. The summed E-state index contributed by atoms with van der Waals surface area (Å²) in [5.74, 6) is -1.74. The molecule has 3 N–H and O–H groups in total. The number of rotatable bonds is 4. The predicted molar refractivity (Wildman–Crippen MR) is 99.9 cm³/mol. The second-order valence-corrected chi connectivity index (χ2v) is 6.83. The molecule has 0 bridgehead atoms. The Bertz CT molecular complexity index is 1050. The summed E-state index contributed by atoms with van der Waals surface area (Å²) in [6.07, 6.45) is 0.546. The second kappa shape index (κ2) is 6.84. The molecular formula is C19H19N5O4. The van der Waals surface area contributed by atoms with E-state index in [-0.39, 0.29) is 18.1 Å². The first kappa shape index (κ1) is 17.8. The molecule has 0 spiro atoms. The number of hydrogen-bond donors (Lipinski definition) is 3. The van der Waals surface area contributed by atoms with Crippen molar-refractivity contribution in [3.8, 4) is 0 Å². The van der Waals surface area contributed by atoms with Crippen LogP contribution in [0.15, 0.2) is 30.3 Å². The Kier molecular flexibility index (Phi) is 4.34. The molecule has 0 unspecified atom stereocenters. The number of benzene rings is 1. The van der Waals surface area contributed by atoms with Gasteiger partial charge in [0.1, 0.15) is 12.2 Å². The van der Waals surface area contributed by atoms with Crippen LogP contribution in [0.1, 0.15) is 32.2 Å². The largest absolute Gasteiger partial charge is 0.480 e. The van der Waals surface area contributed by atoms with Crippen LogP contribution in [-0.2, 0) is 17.8 Å². The molecule has 144 valence electrons. The Morgan fingerprint density at radius 3 is 2.82 bits per heavy atom. The van der Waals surface area contributed by atoms with E-state index in [1.165, 1.54) is 7.05 Å². The van der Waals surface area contributed by atoms with Gasteiger partial charge in [-0.3, -0.25) is 19.5 Å². The zero-order valence-electron chi connectivity index (χ0n) is 15.2. The van der Waals surface area contributed by atoms with Crippen molar-refractivity contribution in [2.45, 2.75) is 13.0 Å². The van der Waals surface area contributed by atoms with Gasteiger partial charge < -0.3 is 19.9 Å². The van der Waals surface area contributed by atoms with Crippen molar-refractivity contribution in [2.75, 3.05) is 20.1 Å². The molecule has 2 amide bonds. The van der Waals surface area contributed by atoms with Crippen LogP contribution < -0.4 is 0 Å². The Morgan fingerprint density at radius 2 is 2.07 bits per heavy atom. The standard InChI is InChI=1S/C19H19N5O4/c1-23(10-16(25)26)19(28)17-12-9-24(7-6-14(12)21-22-17)18(27)15-8-11-4-2-3-5-13(11)20-15/h2-5,8,20H,6-7,9-10H2,1H3,(H,21,22)(H,25,26). The SMILES string of the molecule is CN(CC(=O)O)C(=O)c1n[nH]c2c1CN(C(=O)c1cc3ccccc3[nH]1)CC2. The van der Waals surface area contributed by atoms with E-state index < -0.39 is 18.4 Å². The van der Waals surface area contributed by atoms with Gasteiger partial charge in [0.15, 0.2) is 5.69 Å². The summed E-state index contributed by atoms with van der Waals surface area (Å²) in [6.45, 7) is 0.322. The summed E-state index contributed by atoms with van der Waals surface area (Å²) in [5.41, 5.74) is 2.97. The quantitative estimate of drug-likeness (QED) is 0.628. The van der Waals surface area contributed by atoms with Gasteiger partial charge in [-0.15, -0.1) is 0 Å². The van der Waals surface area contributed by atoms with Gasteiger partial charge in [0.05, 0.1) is 6.54 Å². The number of carbonyl (C=O) groups is 3. The topological polar surface area (TPSA) is 122 Å². The molecule has 4 rings (SSSR count). The van der Waals surface area contributed by atoms with Gasteiger partial charge in [0, 0.05) is 42.2 Å². The third kappa shape index (κ3) is 3.11. The molecule has 9 nitrogen and oxygen atoms in total. The second-order valence-electron chi connectivity index (χ2n) is 6.83. The number of nitrogens with one attached hydrogen (secondary N) is 2. The van der Waals surface area contributed by atoms with E-state index in [0.29, 0.717) is 24.2 Å². The van der Waals surface area contributed by atoms with Crippen molar-refractivity contribution >= 4 is 28.7 Å². The van der Waals surface area contributed by atoms with E-state index in [9.17, 15) is 14.4 Å². The fourth-order valence-electron chi connectivity index (χ4n) is 3.46. The number of amides is 2. The van der Waals surface area contributed by atoms with Crippen molar-refractivity contribution in [3.63, 3.8) is 0 Å². The van der Waals surface area contributed by atoms with Crippen molar-refractivity contribution in [3.05, 3.63) is 53.0 Å². The number of aromatic amines is 2. The Hall–Kier alpha value is -3.62. The van der Waals surface area contributed by atoms with E-state index in [0.717, 1.165) is 21.5 Å². The smallest absolute Gasteiger partial charge is 0.323 e. The van der Waals surface area contributed by atoms with Crippen molar-refractivity contribution in [1.29, 1.82) is 0 Å². The highest BCUT2D eigenvalue weighted by atomic mass is 16.4. The van der Waals surface area contributed by atoms with Gasteiger partial charge in [0.25, 0.3) is 11.8 Å². The van der Waals surface area contributed by atoms with Crippen molar-refractivity contribution in [1.82, 2.24) is 25.0 Å². The zero-order valence-corrected chi connectivity index (χ0v) is 15.2. The number of carboxylic acids is 1. The van der Waals surface area contributed by atoms with Crippen LogP contribution in [0.25, 0.3) is 10.9 Å². The fourth-order valence-corrected chi connectivity index (χ4v) is 3.46. The molecule has 1 aromatic carbocycles. The normalized spacial score (nSPS) is 13.4. The summed E-state index contributed by atoms with van der Waals surface area (Å²) < 4.78 is 0. The minimum atomic E-state index is -1.10. The van der Waals surface area contributed by atoms with E-state index in [4.69, 9.17) is 5.11 Å². The lowest BCUT2D eigenvalue weighted by Gasteiger charge is -2.27. The molecule has 3 heterocycles. The predicted octanol–water partition coefficient (Wildman–Crippen LogP) is 1.25. The number of carbonyl (C=O) groups excluding carboxylic acids is 2. The molecule has 0 atom stereocenters. The average molecular weight is 381 g/mol. The summed E-state index contributed by atoms with van der Waals surface area (Å²) in [4.78, 5) is 42.3. The lowest BCUT2D eigenvalue weighted by molar-refractivity contribution is -0.137. The summed E-state index contributed by atoms with van der Waals surface area (Å²) in [6, 6.07) is 9.47. The first-order valence-electron chi connectivity index (χ1n) is 8.84. The zero-order chi connectivity index (χ0) is 19.8. The lowest BCUT2D eigenvalue weighted by Crippen LogP contribution is -2.37. The highest BCUT2D eigenvalue weighted by Gasteiger charge is 2.30. The minimum absolute atomic E-state index is 0.152. The van der Waals surface area contributed by atoms with E-state index in [1.807, 2.05) is 30.3 Å². The van der Waals surface area contributed by atoms with Crippen molar-refractivity contribution in [2.24, 2.45) is 0 Å². The Balaban J connectivity index is 1.57. The first-order valence-corrected chi connectivity index (χ1v) is 8.84. The molecule has 0 saturated heterocycles. The van der Waals surface area contributed by atoms with Crippen LogP contribution in [-0.4, -0.2) is 68.0 Å². The number of fused-ring (bicyclic) bond motifs is 2. The van der Waals surface area contributed by atoms with E-state index in [2.05, 4.69) is 15.2 Å². The van der Waals surface area contributed by atoms with Crippen LogP contribution in [0, 0.1) is 0 Å². The molecule has 0 fully saturated rings. The van der Waals surface area contributed by atoms with Crippen LogP contribution in [0.2, 0.25) is 0 Å². The molecule has 3 aromatic rings. The highest BCUT2D eigenvalue weighted by Crippen LogP contribution is 2.24. The molecular weight excluding hydrogens is 362 g/mol. The number of aliphatic carboxylic acids is 1. The van der Waals surface area contributed by atoms with Gasteiger partial charge >= 0.3 is 5.97 Å². The molecule has 0 radical (unpaired) electrons. The number of H-pyrrole nitrogens is 2. The monoisotopic (exact) mass is 381 g/mol. The number of para-hydroxylation sites is 1. The van der Waals surface area contributed by atoms with Gasteiger partial charge in [-0.1, -0.05) is 18.2 Å². The molecule has 0 saturated carbocycles. The number of nitrogens with zero attached hydrogens (tertiary/aromatic N) is 3. The van der Waals surface area contributed by atoms with Gasteiger partial charge in [-0.2, -0.15) is 5.10 Å². The number of likely N-dealkylation sites (N-methyl/N-ethyl adjacent to an activating group) is 1. The van der Waals surface area contributed by atoms with E-state index in [1.54, 1.807) is 4.90 Å². The Labute approximate surface area is 159 Å². The molecule has 28 heavy (non-hydrogen) atoms. The number of aromatic nitrogens is 3. The lowest BCUT2D eigenvalue weighted by atomic mass is 10.0. The first-order chi connectivity index (χ1) is 13.4. The maximum Gasteiger partial charge on any atom is 0.323 e. The van der Waals surface area contributed by atoms with Crippen LogP contribution in [0.4, 0.5) is 0 Å². The molecule has 2 aromatic heterocycles. The maximum atomic E-state index is 13.0. The van der Waals surface area contributed by atoms with Crippen LogP contribution >= 0.6 is 0 Å². The highest BCUT2D eigenvalue weighted by molar-refractivity contribution is 5.99. The Morgan fingerprint density at radius 1 is 1.29 bits per heavy atom. The fraction of sp³-hybridized carbons (Fsp3) is 0.263. The molecule has 9 heteroatoms. The van der Waals surface area contributed by atoms with Gasteiger partial charge in [0.2, 0.25) is 0 Å². The number of carboxylic acid groups (broad SMARTS) is 1. The summed E-state index contributed by atoms with van der Waals surface area (Å²) in [5, 5.41) is 16.8. The minimum Gasteiger partial charge on any atom is -0.480 e. The third-order valence-electron chi connectivity index (χ3n) is 4.90. The third-order valence-corrected chi connectivity index (χ3v) is 4.90. The average Bonchev–Trinajstić information content (AvgIpc) is 3.29. The molecule has 0 aliphatic carbocycles. The van der Waals surface area contributed by atoms with Gasteiger partial charge in [-0.05, 0) is 12.1 Å². The van der Waals surface area contributed by atoms with E-state index >= 15 is 0 Å². The maximum absolute atomic E-state index is 13.0. The number of hydrogen-bond acceptors (Lipinski definition) is 4. The summed E-state index contributed by atoms with van der Waals surface area (Å²) in [7, 11) is 1.41. The van der Waals surface area contributed by atoms with Crippen LogP contribution in [0.3, 0.4) is 0 Å².